The van der Waals surface area contributed by atoms with Gasteiger partial charge >= 0.3 is 0 Å². The van der Waals surface area contributed by atoms with Crippen LogP contribution >= 0.6 is 31.9 Å². The van der Waals surface area contributed by atoms with Crippen LogP contribution in [0.2, 0.25) is 0 Å². The highest BCUT2D eigenvalue weighted by molar-refractivity contribution is 9.11. The summed E-state index contributed by atoms with van der Waals surface area (Å²) in [5, 5.41) is 2.82. The first-order valence-electron chi connectivity index (χ1n) is 5.97. The number of hydrogen-bond donors (Lipinski definition) is 3. The molecule has 0 bridgehead atoms. The Balaban J connectivity index is 2.31. The summed E-state index contributed by atoms with van der Waals surface area (Å²) < 4.78 is 6.75. The van der Waals surface area contributed by atoms with Crippen LogP contribution in [0.15, 0.2) is 45.3 Å². The summed E-state index contributed by atoms with van der Waals surface area (Å²) in [6, 6.07) is 10.5. The monoisotopic (exact) mass is 413 g/mol. The van der Waals surface area contributed by atoms with Crippen LogP contribution in [0.4, 0.5) is 11.4 Å². The third-order valence-electron chi connectivity index (χ3n) is 2.82. The Kier molecular flexibility index (Phi) is 5.22. The van der Waals surface area contributed by atoms with E-state index in [0.717, 1.165) is 8.95 Å². The van der Waals surface area contributed by atoms with E-state index in [1.165, 1.54) is 0 Å². The molecule has 0 saturated heterocycles. The first-order valence-corrected chi connectivity index (χ1v) is 7.55. The number of nitrogens with one attached hydrogen (secondary N) is 2. The normalized spacial score (nSPS) is 10.1. The molecule has 0 heterocycles. The second-order valence-electron chi connectivity index (χ2n) is 4.11. The number of nitrogen functional groups attached to an aromatic ring is 1. The summed E-state index contributed by atoms with van der Waals surface area (Å²) in [4.78, 5) is 12.4. The van der Waals surface area contributed by atoms with Crippen LogP contribution in [0.5, 0.6) is 5.75 Å². The van der Waals surface area contributed by atoms with Crippen LogP contribution in [0.25, 0.3) is 0 Å². The zero-order valence-electron chi connectivity index (χ0n) is 11.1. The first-order chi connectivity index (χ1) is 10.1. The minimum absolute atomic E-state index is 0.270. The number of anilines is 2. The summed E-state index contributed by atoms with van der Waals surface area (Å²) in [6.07, 6.45) is 0. The lowest BCUT2D eigenvalue weighted by molar-refractivity contribution is 0.102. The van der Waals surface area contributed by atoms with Crippen molar-refractivity contribution in [3.05, 3.63) is 50.9 Å². The minimum Gasteiger partial charge on any atom is -0.495 e. The van der Waals surface area contributed by atoms with Crippen LogP contribution < -0.4 is 21.3 Å². The quantitative estimate of drug-likeness (QED) is 0.525. The molecule has 1 amide bonds. The molecule has 0 aliphatic heterocycles. The number of ether oxygens (including phenoxy) is 1. The molecule has 0 aliphatic rings. The van der Waals surface area contributed by atoms with Gasteiger partial charge in [0.1, 0.15) is 5.75 Å². The Hall–Kier alpha value is -1.57. The van der Waals surface area contributed by atoms with Gasteiger partial charge in [-0.15, -0.1) is 0 Å². The predicted molar refractivity (Wildman–Crippen MR) is 90.6 cm³/mol. The molecule has 0 fully saturated rings. The van der Waals surface area contributed by atoms with Gasteiger partial charge in [-0.2, -0.15) is 0 Å². The highest BCUT2D eigenvalue weighted by Gasteiger charge is 2.14. The molecule has 0 saturated carbocycles. The van der Waals surface area contributed by atoms with Crippen LogP contribution in [0, 0.1) is 0 Å². The molecule has 0 unspecified atom stereocenters. The fraction of sp³-hybridized carbons (Fsp3) is 0.0714. The number of carbonyl (C=O) groups excluding carboxylic acids is 1. The predicted octanol–water partition coefficient (Wildman–Crippen LogP) is 3.76. The first kappa shape index (κ1) is 15.8. The molecule has 2 aromatic carbocycles. The third-order valence-corrected chi connectivity index (χ3v) is 4.09. The van der Waals surface area contributed by atoms with Crippen molar-refractivity contribution >= 4 is 49.1 Å². The van der Waals surface area contributed by atoms with Crippen molar-refractivity contribution in [1.82, 2.24) is 0 Å². The molecule has 0 aliphatic carbocycles. The second kappa shape index (κ2) is 6.93. The van der Waals surface area contributed by atoms with Gasteiger partial charge in [-0.05, 0) is 50.1 Å². The number of halogens is 2. The molecule has 7 heteroatoms. The van der Waals surface area contributed by atoms with Crippen molar-refractivity contribution in [1.29, 1.82) is 0 Å². The van der Waals surface area contributed by atoms with Crippen molar-refractivity contribution in [2.24, 2.45) is 5.84 Å². The number of rotatable bonds is 4. The molecule has 110 valence electrons. The van der Waals surface area contributed by atoms with E-state index >= 15 is 0 Å². The van der Waals surface area contributed by atoms with E-state index in [1.54, 1.807) is 37.4 Å². The van der Waals surface area contributed by atoms with Crippen LogP contribution in [0.1, 0.15) is 10.4 Å². The summed E-state index contributed by atoms with van der Waals surface area (Å²) in [6.45, 7) is 0. The highest BCUT2D eigenvalue weighted by atomic mass is 79.9. The number of hydrazine groups is 1. The Morgan fingerprint density at radius 1 is 1.14 bits per heavy atom. The van der Waals surface area contributed by atoms with E-state index in [4.69, 9.17) is 10.6 Å². The van der Waals surface area contributed by atoms with E-state index in [1.807, 2.05) is 6.07 Å². The minimum atomic E-state index is -0.270. The standard InChI is InChI=1S/C14H13Br2N3O2/c1-21-13-7-12(9(15)6-10(13)16)18-14(20)8-4-2-3-5-11(8)19-17/h2-7,19H,17H2,1H3,(H,18,20). The Labute approximate surface area is 139 Å². The molecule has 0 spiro atoms. The molecular formula is C14H13Br2N3O2. The molecule has 2 rings (SSSR count). The number of para-hydroxylation sites is 1. The highest BCUT2D eigenvalue weighted by Crippen LogP contribution is 2.34. The molecule has 0 radical (unpaired) electrons. The van der Waals surface area contributed by atoms with Crippen LogP contribution in [0.3, 0.4) is 0 Å². The summed E-state index contributed by atoms with van der Waals surface area (Å²) in [5.41, 5.74) is 4.11. The van der Waals surface area contributed by atoms with Crippen molar-refractivity contribution in [2.45, 2.75) is 0 Å². The number of carbonyl (C=O) groups is 1. The largest absolute Gasteiger partial charge is 0.495 e. The fourth-order valence-corrected chi connectivity index (χ4v) is 3.03. The lowest BCUT2D eigenvalue weighted by Gasteiger charge is -2.12. The average molecular weight is 415 g/mol. The Morgan fingerprint density at radius 2 is 1.86 bits per heavy atom. The Morgan fingerprint density at radius 3 is 2.52 bits per heavy atom. The zero-order valence-corrected chi connectivity index (χ0v) is 14.3. The maximum Gasteiger partial charge on any atom is 0.257 e. The fourth-order valence-electron chi connectivity index (χ4n) is 1.78. The van der Waals surface area contributed by atoms with Gasteiger partial charge in [0.25, 0.3) is 5.91 Å². The lowest BCUT2D eigenvalue weighted by Crippen LogP contribution is -2.17. The van der Waals surface area contributed by atoms with Gasteiger partial charge in [-0.25, -0.2) is 0 Å². The van der Waals surface area contributed by atoms with Gasteiger partial charge in [0.15, 0.2) is 0 Å². The molecule has 4 N–H and O–H groups in total. The number of amides is 1. The van der Waals surface area contributed by atoms with Gasteiger partial charge in [0, 0.05) is 10.5 Å². The lowest BCUT2D eigenvalue weighted by atomic mass is 10.1. The van der Waals surface area contributed by atoms with E-state index in [9.17, 15) is 4.79 Å². The van der Waals surface area contributed by atoms with Crippen molar-refractivity contribution in [3.63, 3.8) is 0 Å². The summed E-state index contributed by atoms with van der Waals surface area (Å²) >= 11 is 6.79. The zero-order chi connectivity index (χ0) is 15.4. The molecule has 21 heavy (non-hydrogen) atoms. The summed E-state index contributed by atoms with van der Waals surface area (Å²) in [7, 11) is 1.56. The van der Waals surface area contributed by atoms with Crippen LogP contribution in [-0.2, 0) is 0 Å². The molecule has 2 aromatic rings. The second-order valence-corrected chi connectivity index (χ2v) is 5.82. The number of hydrogen-bond acceptors (Lipinski definition) is 4. The van der Waals surface area contributed by atoms with Gasteiger partial charge in [0.2, 0.25) is 0 Å². The molecule has 0 aromatic heterocycles. The van der Waals surface area contributed by atoms with E-state index in [0.29, 0.717) is 22.7 Å². The molecule has 5 nitrogen and oxygen atoms in total. The van der Waals surface area contributed by atoms with Crippen LogP contribution in [-0.4, -0.2) is 13.0 Å². The SMILES string of the molecule is COc1cc(NC(=O)c2ccccc2NN)c(Br)cc1Br. The summed E-state index contributed by atoms with van der Waals surface area (Å²) in [5.74, 6) is 5.77. The van der Waals surface area contributed by atoms with Crippen molar-refractivity contribution < 1.29 is 9.53 Å². The van der Waals surface area contributed by atoms with Gasteiger partial charge in [0.05, 0.1) is 28.5 Å². The maximum atomic E-state index is 12.4. The number of methoxy groups -OCH3 is 1. The van der Waals surface area contributed by atoms with E-state index in [2.05, 4.69) is 42.6 Å². The van der Waals surface area contributed by atoms with Gasteiger partial charge in [-0.3, -0.25) is 10.6 Å². The average Bonchev–Trinajstić information content (AvgIpc) is 2.49. The third kappa shape index (κ3) is 3.55. The van der Waals surface area contributed by atoms with Crippen molar-refractivity contribution in [2.75, 3.05) is 17.9 Å². The molecular weight excluding hydrogens is 402 g/mol. The van der Waals surface area contributed by atoms with E-state index < -0.39 is 0 Å². The smallest absolute Gasteiger partial charge is 0.257 e. The van der Waals surface area contributed by atoms with Crippen molar-refractivity contribution in [3.8, 4) is 5.75 Å². The van der Waals surface area contributed by atoms with E-state index in [-0.39, 0.29) is 5.91 Å². The topological polar surface area (TPSA) is 76.4 Å². The number of nitrogens with two attached hydrogens (primary N) is 1. The Bertz CT molecular complexity index is 677. The van der Waals surface area contributed by atoms with Gasteiger partial charge < -0.3 is 15.5 Å². The molecule has 0 atom stereocenters. The number of benzene rings is 2. The maximum absolute atomic E-state index is 12.4. The van der Waals surface area contributed by atoms with Gasteiger partial charge in [-0.1, -0.05) is 12.1 Å².